The molecule has 0 spiro atoms. The van der Waals surface area contributed by atoms with E-state index >= 15 is 0 Å². The van der Waals surface area contributed by atoms with E-state index in [1.54, 1.807) is 6.07 Å². The molecule has 0 fully saturated rings. The van der Waals surface area contributed by atoms with Crippen LogP contribution in [0, 0.1) is 0 Å². The molecule has 86 valence electrons. The van der Waals surface area contributed by atoms with E-state index in [4.69, 9.17) is 10.2 Å². The van der Waals surface area contributed by atoms with Gasteiger partial charge in [-0.25, -0.2) is 0 Å². The van der Waals surface area contributed by atoms with E-state index in [1.807, 2.05) is 13.8 Å². The summed E-state index contributed by atoms with van der Waals surface area (Å²) in [5.74, 6) is -0.182. The van der Waals surface area contributed by atoms with Crippen molar-refractivity contribution in [1.82, 2.24) is 5.32 Å². The molecule has 0 aromatic carbocycles. The second kappa shape index (κ2) is 5.53. The summed E-state index contributed by atoms with van der Waals surface area (Å²) >= 11 is 3.12. The van der Waals surface area contributed by atoms with Crippen molar-refractivity contribution in [3.63, 3.8) is 0 Å². The first-order valence-corrected chi connectivity index (χ1v) is 4.99. The number of hydrogen-bond acceptors (Lipinski definition) is 3. The number of nitrogens with one attached hydrogen (secondary N) is 1. The Balaban J connectivity index is 0.00000196. The van der Waals surface area contributed by atoms with Crippen LogP contribution in [-0.4, -0.2) is 18.0 Å². The molecule has 0 aliphatic carbocycles. The zero-order valence-electron chi connectivity index (χ0n) is 8.54. The standard InChI is InChI=1S/C9H13BrN2O2.ClH/c1-9(2,11)5-12-8(13)6-3-7(10)14-4-6;/h3-4H,5,11H2,1-2H3,(H,12,13);1H. The highest BCUT2D eigenvalue weighted by atomic mass is 79.9. The van der Waals surface area contributed by atoms with Crippen molar-refractivity contribution in [2.75, 3.05) is 6.54 Å². The molecule has 0 saturated heterocycles. The number of carbonyl (C=O) groups excluding carboxylic acids is 1. The fourth-order valence-corrected chi connectivity index (χ4v) is 1.18. The maximum Gasteiger partial charge on any atom is 0.254 e. The van der Waals surface area contributed by atoms with Crippen LogP contribution < -0.4 is 11.1 Å². The Morgan fingerprint density at radius 2 is 2.27 bits per heavy atom. The first-order valence-electron chi connectivity index (χ1n) is 4.19. The number of furan rings is 1. The fraction of sp³-hybridized carbons (Fsp3) is 0.444. The molecule has 0 aliphatic rings. The van der Waals surface area contributed by atoms with Crippen LogP contribution >= 0.6 is 28.3 Å². The molecule has 1 aromatic rings. The molecule has 0 radical (unpaired) electrons. The molecule has 1 heterocycles. The van der Waals surface area contributed by atoms with Crippen LogP contribution in [0.4, 0.5) is 0 Å². The average molecular weight is 298 g/mol. The number of rotatable bonds is 3. The third-order valence-corrected chi connectivity index (χ3v) is 1.95. The second-order valence-electron chi connectivity index (χ2n) is 3.81. The molecule has 0 saturated carbocycles. The summed E-state index contributed by atoms with van der Waals surface area (Å²) in [5.41, 5.74) is 5.80. The van der Waals surface area contributed by atoms with Crippen molar-refractivity contribution in [2.45, 2.75) is 19.4 Å². The van der Waals surface area contributed by atoms with Gasteiger partial charge in [-0.2, -0.15) is 0 Å². The van der Waals surface area contributed by atoms with Gasteiger partial charge in [0, 0.05) is 18.2 Å². The lowest BCUT2D eigenvalue weighted by Gasteiger charge is -2.18. The third kappa shape index (κ3) is 5.20. The summed E-state index contributed by atoms with van der Waals surface area (Å²) < 4.78 is 5.48. The van der Waals surface area contributed by atoms with Crippen LogP contribution in [0.3, 0.4) is 0 Å². The summed E-state index contributed by atoms with van der Waals surface area (Å²) in [6.07, 6.45) is 1.39. The minimum atomic E-state index is -0.406. The van der Waals surface area contributed by atoms with Crippen LogP contribution in [0.2, 0.25) is 0 Å². The predicted octanol–water partition coefficient (Wildman–Crippen LogP) is 1.93. The number of halogens is 2. The van der Waals surface area contributed by atoms with Gasteiger partial charge >= 0.3 is 0 Å². The molecule has 0 unspecified atom stereocenters. The van der Waals surface area contributed by atoms with E-state index in [1.165, 1.54) is 6.26 Å². The van der Waals surface area contributed by atoms with Gasteiger partial charge in [0.2, 0.25) is 0 Å². The molecule has 6 heteroatoms. The van der Waals surface area contributed by atoms with Crippen molar-refractivity contribution >= 4 is 34.2 Å². The Labute approximate surface area is 103 Å². The summed E-state index contributed by atoms with van der Waals surface area (Å²) in [7, 11) is 0. The van der Waals surface area contributed by atoms with Crippen LogP contribution in [0.1, 0.15) is 24.2 Å². The average Bonchev–Trinajstić information content (AvgIpc) is 2.46. The van der Waals surface area contributed by atoms with Crippen molar-refractivity contribution in [3.05, 3.63) is 22.6 Å². The molecule has 0 bridgehead atoms. The Hall–Kier alpha value is -0.520. The fourth-order valence-electron chi connectivity index (χ4n) is 0.839. The highest BCUT2D eigenvalue weighted by Crippen LogP contribution is 2.13. The Kier molecular flexibility index (Phi) is 5.34. The topological polar surface area (TPSA) is 68.3 Å². The van der Waals surface area contributed by atoms with Gasteiger partial charge in [0.15, 0.2) is 4.67 Å². The van der Waals surface area contributed by atoms with E-state index in [-0.39, 0.29) is 18.3 Å². The molecule has 1 rings (SSSR count). The first-order chi connectivity index (χ1) is 6.38. The second-order valence-corrected chi connectivity index (χ2v) is 4.59. The minimum absolute atomic E-state index is 0. The third-order valence-electron chi connectivity index (χ3n) is 1.53. The van der Waals surface area contributed by atoms with Gasteiger partial charge < -0.3 is 15.5 Å². The van der Waals surface area contributed by atoms with Gasteiger partial charge in [-0.1, -0.05) is 0 Å². The molecule has 15 heavy (non-hydrogen) atoms. The van der Waals surface area contributed by atoms with Crippen molar-refractivity contribution in [3.8, 4) is 0 Å². The van der Waals surface area contributed by atoms with E-state index in [9.17, 15) is 4.79 Å². The largest absolute Gasteiger partial charge is 0.457 e. The van der Waals surface area contributed by atoms with Crippen molar-refractivity contribution in [2.24, 2.45) is 5.73 Å². The Morgan fingerprint density at radius 1 is 1.67 bits per heavy atom. The number of amides is 1. The van der Waals surface area contributed by atoms with Crippen LogP contribution in [0.5, 0.6) is 0 Å². The first kappa shape index (κ1) is 14.5. The minimum Gasteiger partial charge on any atom is -0.457 e. The SMILES string of the molecule is CC(C)(N)CNC(=O)c1coc(Br)c1.Cl. The molecule has 1 amide bonds. The summed E-state index contributed by atoms with van der Waals surface area (Å²) in [6, 6.07) is 1.61. The summed E-state index contributed by atoms with van der Waals surface area (Å²) in [6.45, 7) is 4.12. The molecular weight excluding hydrogens is 283 g/mol. The number of hydrogen-bond donors (Lipinski definition) is 2. The maximum atomic E-state index is 11.5. The van der Waals surface area contributed by atoms with E-state index in [0.717, 1.165) is 0 Å². The quantitative estimate of drug-likeness (QED) is 0.896. The molecule has 4 nitrogen and oxygen atoms in total. The molecule has 0 atom stereocenters. The van der Waals surface area contributed by atoms with E-state index in [0.29, 0.717) is 16.8 Å². The highest BCUT2D eigenvalue weighted by Gasteiger charge is 2.14. The van der Waals surface area contributed by atoms with Crippen LogP contribution in [0.25, 0.3) is 0 Å². The van der Waals surface area contributed by atoms with Gasteiger partial charge in [-0.05, 0) is 29.8 Å². The zero-order valence-corrected chi connectivity index (χ0v) is 10.9. The van der Waals surface area contributed by atoms with Gasteiger partial charge in [0.1, 0.15) is 6.26 Å². The van der Waals surface area contributed by atoms with Crippen LogP contribution in [-0.2, 0) is 0 Å². The van der Waals surface area contributed by atoms with Crippen molar-refractivity contribution < 1.29 is 9.21 Å². The zero-order chi connectivity index (χ0) is 10.8. The van der Waals surface area contributed by atoms with E-state index < -0.39 is 5.54 Å². The van der Waals surface area contributed by atoms with E-state index in [2.05, 4.69) is 21.2 Å². The lowest BCUT2D eigenvalue weighted by atomic mass is 10.1. The number of nitrogens with two attached hydrogens (primary N) is 1. The normalized spacial score (nSPS) is 10.7. The van der Waals surface area contributed by atoms with Crippen LogP contribution in [0.15, 0.2) is 21.4 Å². The van der Waals surface area contributed by atoms with Gasteiger partial charge in [0.25, 0.3) is 5.91 Å². The molecule has 0 aliphatic heterocycles. The monoisotopic (exact) mass is 296 g/mol. The molecule has 1 aromatic heterocycles. The van der Waals surface area contributed by atoms with Gasteiger partial charge in [0.05, 0.1) is 5.56 Å². The molecular formula is C9H14BrClN2O2. The van der Waals surface area contributed by atoms with Gasteiger partial charge in [-0.15, -0.1) is 12.4 Å². The molecule has 3 N–H and O–H groups in total. The number of carbonyl (C=O) groups is 1. The Morgan fingerprint density at radius 3 is 2.67 bits per heavy atom. The summed E-state index contributed by atoms with van der Waals surface area (Å²) in [4.78, 5) is 11.5. The van der Waals surface area contributed by atoms with Gasteiger partial charge in [-0.3, -0.25) is 4.79 Å². The Bertz CT molecular complexity index is 333. The smallest absolute Gasteiger partial charge is 0.254 e. The summed E-state index contributed by atoms with van der Waals surface area (Å²) in [5, 5.41) is 2.71. The lowest BCUT2D eigenvalue weighted by molar-refractivity contribution is 0.0945. The predicted molar refractivity (Wildman–Crippen MR) is 64.3 cm³/mol. The lowest BCUT2D eigenvalue weighted by Crippen LogP contribution is -2.45. The maximum absolute atomic E-state index is 11.5. The highest BCUT2D eigenvalue weighted by molar-refractivity contribution is 9.10. The van der Waals surface area contributed by atoms with Crippen molar-refractivity contribution in [1.29, 1.82) is 0 Å².